The molecule has 2 amide bonds. The summed E-state index contributed by atoms with van der Waals surface area (Å²) in [4.78, 5) is 23.6. The fourth-order valence-electron chi connectivity index (χ4n) is 1.96. The highest BCUT2D eigenvalue weighted by Gasteiger charge is 2.13. The van der Waals surface area contributed by atoms with Crippen LogP contribution in [0.25, 0.3) is 0 Å². The van der Waals surface area contributed by atoms with Gasteiger partial charge in [-0.3, -0.25) is 9.59 Å². The highest BCUT2D eigenvalue weighted by Crippen LogP contribution is 2.26. The number of hydrogen-bond acceptors (Lipinski definition) is 5. The third kappa shape index (κ3) is 5.37. The third-order valence-corrected chi connectivity index (χ3v) is 3.55. The number of amides is 2. The number of nitrogens with zero attached hydrogens (tertiary/aromatic N) is 1. The molecule has 0 aliphatic heterocycles. The SMILES string of the molecule is COc1ccc(/C=N\NC(=O)C(=O)Nc2cc(Cl)cc(Cl)c2)cc1OC. The number of hydrogen-bond donors (Lipinski definition) is 2. The van der Waals surface area contributed by atoms with Crippen molar-refractivity contribution in [3.63, 3.8) is 0 Å². The third-order valence-electron chi connectivity index (χ3n) is 3.11. The highest BCUT2D eigenvalue weighted by molar-refractivity contribution is 6.40. The van der Waals surface area contributed by atoms with Gasteiger partial charge >= 0.3 is 11.8 Å². The van der Waals surface area contributed by atoms with Gasteiger partial charge in [0.25, 0.3) is 0 Å². The number of hydrazone groups is 1. The van der Waals surface area contributed by atoms with E-state index in [4.69, 9.17) is 32.7 Å². The fraction of sp³-hybridized carbons (Fsp3) is 0.118. The van der Waals surface area contributed by atoms with Crippen molar-refractivity contribution in [1.29, 1.82) is 0 Å². The van der Waals surface area contributed by atoms with Gasteiger partial charge in [-0.25, -0.2) is 5.43 Å². The van der Waals surface area contributed by atoms with Crippen molar-refractivity contribution >= 4 is 46.9 Å². The van der Waals surface area contributed by atoms with E-state index in [1.165, 1.54) is 38.6 Å². The van der Waals surface area contributed by atoms with E-state index in [2.05, 4.69) is 15.8 Å². The second-order valence-electron chi connectivity index (χ2n) is 4.93. The number of nitrogens with one attached hydrogen (secondary N) is 2. The van der Waals surface area contributed by atoms with Gasteiger partial charge in [-0.15, -0.1) is 0 Å². The molecule has 0 spiro atoms. The summed E-state index contributed by atoms with van der Waals surface area (Å²) in [6.07, 6.45) is 1.36. The molecule has 2 aromatic rings. The Labute approximate surface area is 159 Å². The average molecular weight is 396 g/mol. The lowest BCUT2D eigenvalue weighted by Crippen LogP contribution is -2.32. The van der Waals surface area contributed by atoms with E-state index in [9.17, 15) is 9.59 Å². The maximum absolute atomic E-state index is 11.8. The molecule has 0 aliphatic carbocycles. The first kappa shape index (κ1) is 19.6. The van der Waals surface area contributed by atoms with Gasteiger partial charge in [0, 0.05) is 15.7 Å². The summed E-state index contributed by atoms with van der Waals surface area (Å²) in [5, 5.41) is 6.78. The molecule has 7 nitrogen and oxygen atoms in total. The predicted molar refractivity (Wildman–Crippen MR) is 100 cm³/mol. The molecule has 2 N–H and O–H groups in total. The number of carbonyl (C=O) groups excluding carboxylic acids is 2. The molecule has 26 heavy (non-hydrogen) atoms. The molecule has 9 heteroatoms. The van der Waals surface area contributed by atoms with Crippen LogP contribution in [0.3, 0.4) is 0 Å². The van der Waals surface area contributed by atoms with Crippen LogP contribution in [0.15, 0.2) is 41.5 Å². The second-order valence-corrected chi connectivity index (χ2v) is 5.80. The van der Waals surface area contributed by atoms with Crippen molar-refractivity contribution in [2.24, 2.45) is 5.10 Å². The predicted octanol–water partition coefficient (Wildman–Crippen LogP) is 3.10. The van der Waals surface area contributed by atoms with Crippen LogP contribution >= 0.6 is 23.2 Å². The van der Waals surface area contributed by atoms with Crippen LogP contribution in [-0.4, -0.2) is 32.2 Å². The minimum absolute atomic E-state index is 0.298. The van der Waals surface area contributed by atoms with Gasteiger partial charge in [0.15, 0.2) is 11.5 Å². The van der Waals surface area contributed by atoms with Crippen molar-refractivity contribution in [2.45, 2.75) is 0 Å². The van der Waals surface area contributed by atoms with E-state index >= 15 is 0 Å². The number of rotatable bonds is 5. The van der Waals surface area contributed by atoms with E-state index in [-0.39, 0.29) is 0 Å². The van der Waals surface area contributed by atoms with Gasteiger partial charge in [-0.2, -0.15) is 5.10 Å². The molecule has 0 fully saturated rings. The van der Waals surface area contributed by atoms with Gasteiger partial charge in [0.05, 0.1) is 20.4 Å². The molecule has 0 bridgehead atoms. The molecule has 2 aromatic carbocycles. The van der Waals surface area contributed by atoms with Crippen LogP contribution in [0.2, 0.25) is 10.0 Å². The van der Waals surface area contributed by atoms with E-state index < -0.39 is 11.8 Å². The van der Waals surface area contributed by atoms with Crippen LogP contribution in [-0.2, 0) is 9.59 Å². The van der Waals surface area contributed by atoms with Crippen LogP contribution in [0.4, 0.5) is 5.69 Å². The number of anilines is 1. The lowest BCUT2D eigenvalue weighted by atomic mass is 10.2. The maximum Gasteiger partial charge on any atom is 0.329 e. The van der Waals surface area contributed by atoms with E-state index in [0.29, 0.717) is 32.8 Å². The lowest BCUT2D eigenvalue weighted by Gasteiger charge is -2.07. The first-order chi connectivity index (χ1) is 12.4. The van der Waals surface area contributed by atoms with Crippen LogP contribution in [0.5, 0.6) is 11.5 Å². The van der Waals surface area contributed by atoms with Crippen molar-refractivity contribution in [3.8, 4) is 11.5 Å². The molecule has 0 aromatic heterocycles. The molecule has 0 saturated carbocycles. The molecular weight excluding hydrogens is 381 g/mol. The summed E-state index contributed by atoms with van der Waals surface area (Å²) >= 11 is 11.7. The number of methoxy groups -OCH3 is 2. The smallest absolute Gasteiger partial charge is 0.329 e. The van der Waals surface area contributed by atoms with Crippen molar-refractivity contribution in [2.75, 3.05) is 19.5 Å². The summed E-state index contributed by atoms with van der Waals surface area (Å²) in [5.74, 6) is -0.780. The summed E-state index contributed by atoms with van der Waals surface area (Å²) < 4.78 is 10.3. The molecule has 0 unspecified atom stereocenters. The Morgan fingerprint density at radius 1 is 0.962 bits per heavy atom. The minimum Gasteiger partial charge on any atom is -0.493 e. The average Bonchev–Trinajstić information content (AvgIpc) is 2.60. The van der Waals surface area contributed by atoms with E-state index in [1.807, 2.05) is 0 Å². The van der Waals surface area contributed by atoms with Crippen molar-refractivity contribution in [1.82, 2.24) is 5.43 Å². The monoisotopic (exact) mass is 395 g/mol. The molecule has 0 saturated heterocycles. The van der Waals surface area contributed by atoms with Gasteiger partial charge in [0.1, 0.15) is 0 Å². The first-order valence-electron chi connectivity index (χ1n) is 7.25. The maximum atomic E-state index is 11.8. The van der Waals surface area contributed by atoms with E-state index in [0.717, 1.165) is 0 Å². The fourth-order valence-corrected chi connectivity index (χ4v) is 2.49. The summed E-state index contributed by atoms with van der Waals surface area (Å²) in [6, 6.07) is 9.51. The van der Waals surface area contributed by atoms with E-state index in [1.54, 1.807) is 18.2 Å². The Morgan fingerprint density at radius 3 is 2.23 bits per heavy atom. The molecule has 136 valence electrons. The summed E-state index contributed by atoms with van der Waals surface area (Å²) in [6.45, 7) is 0. The molecule has 0 aliphatic rings. The molecule has 0 radical (unpaired) electrons. The number of halogens is 2. The minimum atomic E-state index is -0.946. The van der Waals surface area contributed by atoms with Crippen molar-refractivity contribution < 1.29 is 19.1 Å². The van der Waals surface area contributed by atoms with Gasteiger partial charge in [0.2, 0.25) is 0 Å². The standard InChI is InChI=1S/C17H15Cl2N3O4/c1-25-14-4-3-10(5-15(14)26-2)9-20-22-17(24)16(23)21-13-7-11(18)6-12(19)8-13/h3-9H,1-2H3,(H,21,23)(H,22,24)/b20-9-. The first-order valence-corrected chi connectivity index (χ1v) is 8.01. The zero-order valence-corrected chi connectivity index (χ0v) is 15.4. The number of ether oxygens (including phenoxy) is 2. The number of benzene rings is 2. The summed E-state index contributed by atoms with van der Waals surface area (Å²) in [5.41, 5.74) is 3.07. The van der Waals surface area contributed by atoms with Gasteiger partial charge < -0.3 is 14.8 Å². The zero-order chi connectivity index (χ0) is 19.1. The topological polar surface area (TPSA) is 89.0 Å². The van der Waals surface area contributed by atoms with Gasteiger partial charge in [-0.05, 0) is 42.0 Å². The molecule has 2 rings (SSSR count). The Hall–Kier alpha value is -2.77. The zero-order valence-electron chi connectivity index (χ0n) is 13.9. The second kappa shape index (κ2) is 9.07. The van der Waals surface area contributed by atoms with Crippen molar-refractivity contribution in [3.05, 3.63) is 52.0 Å². The molecular formula is C17H15Cl2N3O4. The lowest BCUT2D eigenvalue weighted by molar-refractivity contribution is -0.136. The Bertz CT molecular complexity index is 836. The largest absolute Gasteiger partial charge is 0.493 e. The quantitative estimate of drug-likeness (QED) is 0.462. The molecule has 0 atom stereocenters. The number of carbonyl (C=O) groups is 2. The Balaban J connectivity index is 1.97. The highest BCUT2D eigenvalue weighted by atomic mass is 35.5. The van der Waals surface area contributed by atoms with Crippen LogP contribution in [0.1, 0.15) is 5.56 Å². The van der Waals surface area contributed by atoms with Crippen LogP contribution in [0, 0.1) is 0 Å². The Kier molecular flexibility index (Phi) is 6.82. The normalized spacial score (nSPS) is 10.5. The summed E-state index contributed by atoms with van der Waals surface area (Å²) in [7, 11) is 3.03. The molecule has 0 heterocycles. The Morgan fingerprint density at radius 2 is 1.62 bits per heavy atom. The van der Waals surface area contributed by atoms with Gasteiger partial charge in [-0.1, -0.05) is 23.2 Å². The van der Waals surface area contributed by atoms with Crippen LogP contribution < -0.4 is 20.2 Å².